The van der Waals surface area contributed by atoms with Gasteiger partial charge in [0, 0.05) is 0 Å². The first-order valence-corrected chi connectivity index (χ1v) is 6.73. The van der Waals surface area contributed by atoms with E-state index in [-0.39, 0.29) is 0 Å². The molecule has 2 heterocycles. The highest BCUT2D eigenvalue weighted by molar-refractivity contribution is 5.85. The van der Waals surface area contributed by atoms with Crippen molar-refractivity contribution in [1.82, 2.24) is 10.2 Å². The molecule has 0 unspecified atom stereocenters. The van der Waals surface area contributed by atoms with E-state index in [9.17, 15) is 0 Å². The van der Waals surface area contributed by atoms with Gasteiger partial charge in [-0.3, -0.25) is 0 Å². The van der Waals surface area contributed by atoms with E-state index in [0.29, 0.717) is 24.0 Å². The smallest absolute Gasteiger partial charge is 0.283 e. The van der Waals surface area contributed by atoms with Crippen molar-refractivity contribution in [2.45, 2.75) is 6.42 Å². The lowest BCUT2D eigenvalue weighted by Gasteiger charge is -2.03. The lowest BCUT2D eigenvalue weighted by molar-refractivity contribution is 0.488. The van der Waals surface area contributed by atoms with Crippen molar-refractivity contribution in [2.75, 3.05) is 0 Å². The molecule has 102 valence electrons. The molecule has 0 bridgehead atoms. The summed E-state index contributed by atoms with van der Waals surface area (Å²) in [6, 6.07) is 18.1. The van der Waals surface area contributed by atoms with Crippen molar-refractivity contribution in [3.63, 3.8) is 0 Å². The van der Waals surface area contributed by atoms with Crippen LogP contribution in [0, 0.1) is 0 Å². The second-order valence-electron chi connectivity index (χ2n) is 4.79. The summed E-state index contributed by atoms with van der Waals surface area (Å²) in [5.41, 5.74) is 1.17. The Balaban J connectivity index is 1.69. The van der Waals surface area contributed by atoms with E-state index in [0.717, 1.165) is 0 Å². The van der Waals surface area contributed by atoms with Crippen molar-refractivity contribution in [3.8, 4) is 11.7 Å². The van der Waals surface area contributed by atoms with Crippen molar-refractivity contribution >= 4 is 10.8 Å². The molecule has 0 saturated heterocycles. The van der Waals surface area contributed by atoms with Crippen LogP contribution in [0.5, 0.6) is 0 Å². The Labute approximate surface area is 121 Å². The zero-order valence-electron chi connectivity index (χ0n) is 11.2. The standard InChI is InChI=1S/C17H12N2O2/c1-2-8-14-12(5-1)6-3-7-13(14)11-16-18-19-17(21-16)15-9-4-10-20-15/h1-10H,11H2. The van der Waals surface area contributed by atoms with Crippen LogP contribution >= 0.6 is 0 Å². The molecule has 0 N–H and O–H groups in total. The molecule has 4 aromatic rings. The molecule has 2 aromatic heterocycles. The summed E-state index contributed by atoms with van der Waals surface area (Å²) < 4.78 is 10.9. The van der Waals surface area contributed by atoms with E-state index >= 15 is 0 Å². The van der Waals surface area contributed by atoms with Gasteiger partial charge in [-0.15, -0.1) is 10.2 Å². The molecule has 0 saturated carbocycles. The highest BCUT2D eigenvalue weighted by Gasteiger charge is 2.12. The minimum Gasteiger partial charge on any atom is -0.459 e. The normalized spacial score (nSPS) is 11.0. The molecule has 0 fully saturated rings. The molecule has 0 aliphatic heterocycles. The van der Waals surface area contributed by atoms with Crippen LogP contribution in [-0.2, 0) is 6.42 Å². The lowest BCUT2D eigenvalue weighted by atomic mass is 10.0. The first-order chi connectivity index (χ1) is 10.4. The van der Waals surface area contributed by atoms with E-state index in [1.165, 1.54) is 16.3 Å². The fourth-order valence-corrected chi connectivity index (χ4v) is 2.43. The molecule has 0 radical (unpaired) electrons. The number of fused-ring (bicyclic) bond motifs is 1. The third-order valence-corrected chi connectivity index (χ3v) is 3.42. The van der Waals surface area contributed by atoms with Gasteiger partial charge in [0.1, 0.15) is 0 Å². The highest BCUT2D eigenvalue weighted by Crippen LogP contribution is 2.23. The number of aromatic nitrogens is 2. The van der Waals surface area contributed by atoms with Crippen LogP contribution in [0.15, 0.2) is 69.7 Å². The Kier molecular flexibility index (Phi) is 2.78. The van der Waals surface area contributed by atoms with Crippen LogP contribution in [0.4, 0.5) is 0 Å². The summed E-state index contributed by atoms with van der Waals surface area (Å²) >= 11 is 0. The molecule has 0 aliphatic rings. The maximum atomic E-state index is 5.66. The Hall–Kier alpha value is -2.88. The Morgan fingerprint density at radius 2 is 1.76 bits per heavy atom. The van der Waals surface area contributed by atoms with Crippen LogP contribution < -0.4 is 0 Å². The topological polar surface area (TPSA) is 52.1 Å². The third kappa shape index (κ3) is 2.21. The highest BCUT2D eigenvalue weighted by atomic mass is 16.4. The van der Waals surface area contributed by atoms with Gasteiger partial charge in [0.25, 0.3) is 5.89 Å². The lowest BCUT2D eigenvalue weighted by Crippen LogP contribution is -1.90. The van der Waals surface area contributed by atoms with Gasteiger partial charge in [0.15, 0.2) is 5.76 Å². The van der Waals surface area contributed by atoms with E-state index in [4.69, 9.17) is 8.83 Å². The molecule has 0 amide bonds. The van der Waals surface area contributed by atoms with Gasteiger partial charge in [-0.2, -0.15) is 0 Å². The molecule has 21 heavy (non-hydrogen) atoms. The number of rotatable bonds is 3. The molecule has 0 aliphatic carbocycles. The molecular formula is C17H12N2O2. The second kappa shape index (κ2) is 4.90. The molecule has 4 rings (SSSR count). The van der Waals surface area contributed by atoms with Gasteiger partial charge >= 0.3 is 0 Å². The summed E-state index contributed by atoms with van der Waals surface area (Å²) in [4.78, 5) is 0. The minimum atomic E-state index is 0.412. The fourth-order valence-electron chi connectivity index (χ4n) is 2.43. The summed E-state index contributed by atoms with van der Waals surface area (Å²) in [5.74, 6) is 1.58. The average molecular weight is 276 g/mol. The molecule has 0 spiro atoms. The van der Waals surface area contributed by atoms with E-state index < -0.39 is 0 Å². The number of furan rings is 1. The van der Waals surface area contributed by atoms with E-state index in [1.807, 2.05) is 18.2 Å². The van der Waals surface area contributed by atoms with Crippen molar-refractivity contribution < 1.29 is 8.83 Å². The second-order valence-corrected chi connectivity index (χ2v) is 4.79. The first-order valence-electron chi connectivity index (χ1n) is 6.73. The zero-order chi connectivity index (χ0) is 14.1. The van der Waals surface area contributed by atoms with Gasteiger partial charge < -0.3 is 8.83 Å². The summed E-state index contributed by atoms with van der Waals surface area (Å²) in [6.45, 7) is 0. The number of nitrogens with zero attached hydrogens (tertiary/aromatic N) is 2. The third-order valence-electron chi connectivity index (χ3n) is 3.42. The predicted octanol–water partition coefficient (Wildman–Crippen LogP) is 4.07. The van der Waals surface area contributed by atoms with Crippen LogP contribution in [-0.4, -0.2) is 10.2 Å². The van der Waals surface area contributed by atoms with Crippen LogP contribution in [0.3, 0.4) is 0 Å². The summed E-state index contributed by atoms with van der Waals surface area (Å²) in [7, 11) is 0. The largest absolute Gasteiger partial charge is 0.459 e. The van der Waals surface area contributed by atoms with E-state index in [1.54, 1.807) is 18.4 Å². The summed E-state index contributed by atoms with van der Waals surface area (Å²) in [6.07, 6.45) is 2.19. The van der Waals surface area contributed by atoms with Gasteiger partial charge in [-0.25, -0.2) is 0 Å². The van der Waals surface area contributed by atoms with Gasteiger partial charge in [0.2, 0.25) is 5.89 Å². The maximum absolute atomic E-state index is 5.66. The molecule has 4 nitrogen and oxygen atoms in total. The fraction of sp³-hybridized carbons (Fsp3) is 0.0588. The summed E-state index contributed by atoms with van der Waals surface area (Å²) in [5, 5.41) is 10.5. The minimum absolute atomic E-state index is 0.412. The van der Waals surface area contributed by atoms with Crippen LogP contribution in [0.1, 0.15) is 11.5 Å². The SMILES string of the molecule is c1coc(-c2nnc(Cc3cccc4ccccc34)o2)c1. The van der Waals surface area contributed by atoms with Crippen molar-refractivity contribution in [2.24, 2.45) is 0 Å². The van der Waals surface area contributed by atoms with Crippen molar-refractivity contribution in [1.29, 1.82) is 0 Å². The number of benzene rings is 2. The Bertz CT molecular complexity index is 873. The zero-order valence-corrected chi connectivity index (χ0v) is 11.2. The quantitative estimate of drug-likeness (QED) is 0.566. The Morgan fingerprint density at radius 1 is 0.857 bits per heavy atom. The Morgan fingerprint density at radius 3 is 2.67 bits per heavy atom. The molecule has 4 heteroatoms. The van der Waals surface area contributed by atoms with Crippen LogP contribution in [0.2, 0.25) is 0 Å². The van der Waals surface area contributed by atoms with Gasteiger partial charge in [-0.05, 0) is 28.5 Å². The van der Waals surface area contributed by atoms with Gasteiger partial charge in [-0.1, -0.05) is 42.5 Å². The van der Waals surface area contributed by atoms with E-state index in [2.05, 4.69) is 34.5 Å². The number of hydrogen-bond donors (Lipinski definition) is 0. The van der Waals surface area contributed by atoms with Crippen molar-refractivity contribution in [3.05, 3.63) is 72.3 Å². The molecule has 0 atom stereocenters. The van der Waals surface area contributed by atoms with Gasteiger partial charge in [0.05, 0.1) is 12.7 Å². The molecular weight excluding hydrogens is 264 g/mol. The maximum Gasteiger partial charge on any atom is 0.283 e. The number of hydrogen-bond acceptors (Lipinski definition) is 4. The monoisotopic (exact) mass is 276 g/mol. The first kappa shape index (κ1) is 11.9. The average Bonchev–Trinajstić information content (AvgIpc) is 3.18. The molecule has 2 aromatic carbocycles. The van der Waals surface area contributed by atoms with Crippen LogP contribution in [0.25, 0.3) is 22.4 Å². The predicted molar refractivity (Wildman–Crippen MR) is 78.8 cm³/mol.